The molecule has 118 valence electrons. The Morgan fingerprint density at radius 1 is 1.19 bits per heavy atom. The summed E-state index contributed by atoms with van der Waals surface area (Å²) in [5, 5.41) is 4.21. The van der Waals surface area contributed by atoms with Crippen LogP contribution >= 0.6 is 0 Å². The molecule has 5 heteroatoms. The lowest BCUT2D eigenvalue weighted by molar-refractivity contribution is 0.0953. The summed E-state index contributed by atoms with van der Waals surface area (Å²) in [4.78, 5) is 4.65. The lowest BCUT2D eigenvalue weighted by Gasteiger charge is -2.34. The minimum absolute atomic E-state index is 0.211. The van der Waals surface area contributed by atoms with Crippen molar-refractivity contribution in [2.24, 2.45) is 11.7 Å². The van der Waals surface area contributed by atoms with Crippen LogP contribution in [0.15, 0.2) is 4.52 Å². The van der Waals surface area contributed by atoms with Crippen molar-refractivity contribution in [2.45, 2.75) is 76.4 Å². The Morgan fingerprint density at radius 3 is 2.62 bits per heavy atom. The summed E-state index contributed by atoms with van der Waals surface area (Å²) >= 11 is 0. The molecule has 0 radical (unpaired) electrons. The molecule has 1 aliphatic heterocycles. The first kappa shape index (κ1) is 15.0. The number of rotatable bonds is 4. The highest BCUT2D eigenvalue weighted by Crippen LogP contribution is 2.39. The summed E-state index contributed by atoms with van der Waals surface area (Å²) in [6.45, 7) is 5.18. The van der Waals surface area contributed by atoms with Crippen LogP contribution in [0.3, 0.4) is 0 Å². The van der Waals surface area contributed by atoms with Crippen molar-refractivity contribution in [3.05, 3.63) is 11.7 Å². The van der Waals surface area contributed by atoms with Gasteiger partial charge in [-0.2, -0.15) is 4.98 Å². The van der Waals surface area contributed by atoms with E-state index < -0.39 is 5.54 Å². The summed E-state index contributed by atoms with van der Waals surface area (Å²) in [6, 6.07) is 0. The van der Waals surface area contributed by atoms with Gasteiger partial charge in [-0.1, -0.05) is 25.4 Å². The monoisotopic (exact) mass is 293 g/mol. The van der Waals surface area contributed by atoms with Gasteiger partial charge >= 0.3 is 0 Å². The van der Waals surface area contributed by atoms with Crippen LogP contribution in [0.4, 0.5) is 0 Å². The average molecular weight is 293 g/mol. The zero-order valence-electron chi connectivity index (χ0n) is 13.2. The minimum Gasteiger partial charge on any atom is -0.377 e. The van der Waals surface area contributed by atoms with Crippen LogP contribution in [0.2, 0.25) is 0 Å². The van der Waals surface area contributed by atoms with Gasteiger partial charge < -0.3 is 15.0 Å². The Hall–Kier alpha value is -0.940. The second kappa shape index (κ2) is 6.05. The van der Waals surface area contributed by atoms with Gasteiger partial charge in [0, 0.05) is 6.61 Å². The Morgan fingerprint density at radius 2 is 1.95 bits per heavy atom. The van der Waals surface area contributed by atoms with Crippen LogP contribution in [0.25, 0.3) is 0 Å². The summed E-state index contributed by atoms with van der Waals surface area (Å²) in [6.07, 6.45) is 7.66. The number of hydrogen-bond acceptors (Lipinski definition) is 5. The maximum Gasteiger partial charge on any atom is 0.232 e. The summed E-state index contributed by atoms with van der Waals surface area (Å²) in [5.74, 6) is 2.47. The second-order valence-electron chi connectivity index (χ2n) is 6.68. The molecule has 2 unspecified atom stereocenters. The number of hydrogen-bond donors (Lipinski definition) is 1. The standard InChI is InChI=1S/C16H27N3O2/c1-3-11-5-8-16(17,9-6-11)15-18-14(21-19-15)12-7-10-20-13(12)4-2/h11-13H,3-10,17H2,1-2H3. The molecular weight excluding hydrogens is 266 g/mol. The quantitative estimate of drug-likeness (QED) is 0.923. The Kier molecular flexibility index (Phi) is 4.31. The molecule has 5 nitrogen and oxygen atoms in total. The van der Waals surface area contributed by atoms with Gasteiger partial charge in [0.2, 0.25) is 5.89 Å². The Bertz CT molecular complexity index is 466. The highest BCUT2D eigenvalue weighted by molar-refractivity contribution is 5.09. The second-order valence-corrected chi connectivity index (χ2v) is 6.68. The number of ether oxygens (including phenoxy) is 1. The zero-order valence-corrected chi connectivity index (χ0v) is 13.2. The van der Waals surface area contributed by atoms with Crippen LogP contribution in [-0.4, -0.2) is 22.9 Å². The van der Waals surface area contributed by atoms with Crippen molar-refractivity contribution in [1.82, 2.24) is 10.1 Å². The third kappa shape index (κ3) is 2.86. The fourth-order valence-corrected chi connectivity index (χ4v) is 3.75. The highest BCUT2D eigenvalue weighted by atomic mass is 16.5. The maximum atomic E-state index is 6.56. The first-order valence-corrected chi connectivity index (χ1v) is 8.41. The van der Waals surface area contributed by atoms with Crippen molar-refractivity contribution >= 4 is 0 Å². The summed E-state index contributed by atoms with van der Waals surface area (Å²) < 4.78 is 11.2. The van der Waals surface area contributed by atoms with Gasteiger partial charge in [-0.3, -0.25) is 0 Å². The van der Waals surface area contributed by atoms with Crippen LogP contribution < -0.4 is 5.73 Å². The van der Waals surface area contributed by atoms with Crippen LogP contribution in [-0.2, 0) is 10.3 Å². The molecule has 0 spiro atoms. The van der Waals surface area contributed by atoms with Crippen molar-refractivity contribution in [3.8, 4) is 0 Å². The van der Waals surface area contributed by atoms with Gasteiger partial charge in [-0.25, -0.2) is 0 Å². The van der Waals surface area contributed by atoms with E-state index in [4.69, 9.17) is 15.0 Å². The molecule has 1 aromatic heterocycles. The Balaban J connectivity index is 1.73. The van der Waals surface area contributed by atoms with E-state index in [2.05, 4.69) is 24.0 Å². The van der Waals surface area contributed by atoms with E-state index in [0.29, 0.717) is 5.82 Å². The van der Waals surface area contributed by atoms with Gasteiger partial charge in [0.05, 0.1) is 17.6 Å². The molecule has 0 amide bonds. The average Bonchev–Trinajstić information content (AvgIpc) is 3.16. The zero-order chi connectivity index (χ0) is 14.9. The van der Waals surface area contributed by atoms with Gasteiger partial charge in [0.25, 0.3) is 0 Å². The van der Waals surface area contributed by atoms with Crippen LogP contribution in [0.1, 0.15) is 76.4 Å². The number of nitrogens with zero attached hydrogens (tertiary/aromatic N) is 2. The predicted molar refractivity (Wildman–Crippen MR) is 79.8 cm³/mol. The first-order chi connectivity index (χ1) is 10.2. The van der Waals surface area contributed by atoms with Crippen molar-refractivity contribution in [3.63, 3.8) is 0 Å². The van der Waals surface area contributed by atoms with Crippen molar-refractivity contribution in [2.75, 3.05) is 6.61 Å². The molecule has 2 aliphatic rings. The molecular formula is C16H27N3O2. The molecule has 2 heterocycles. The fraction of sp³-hybridized carbons (Fsp3) is 0.875. The molecule has 2 fully saturated rings. The van der Waals surface area contributed by atoms with E-state index in [0.717, 1.165) is 44.1 Å². The maximum absolute atomic E-state index is 6.56. The molecule has 1 aromatic rings. The van der Waals surface area contributed by atoms with Crippen LogP contribution in [0.5, 0.6) is 0 Å². The lowest BCUT2D eigenvalue weighted by atomic mass is 9.76. The van der Waals surface area contributed by atoms with E-state index >= 15 is 0 Å². The first-order valence-electron chi connectivity index (χ1n) is 8.41. The van der Waals surface area contributed by atoms with E-state index in [1.54, 1.807) is 0 Å². The molecule has 1 saturated heterocycles. The minimum atomic E-state index is -0.394. The van der Waals surface area contributed by atoms with Crippen molar-refractivity contribution < 1.29 is 9.26 Å². The SMILES string of the molecule is CCC1CCC(N)(c2noc(C3CCOC3CC)n2)CC1. The van der Waals surface area contributed by atoms with Gasteiger partial charge in [0.15, 0.2) is 5.82 Å². The number of nitrogens with two attached hydrogens (primary N) is 1. The molecule has 2 atom stereocenters. The number of aromatic nitrogens is 2. The topological polar surface area (TPSA) is 74.2 Å². The Labute approximate surface area is 126 Å². The van der Waals surface area contributed by atoms with Crippen LogP contribution in [0, 0.1) is 5.92 Å². The third-order valence-electron chi connectivity index (χ3n) is 5.39. The smallest absolute Gasteiger partial charge is 0.232 e. The normalized spacial score (nSPS) is 37.0. The molecule has 2 N–H and O–H groups in total. The van der Waals surface area contributed by atoms with Gasteiger partial charge in [-0.05, 0) is 44.4 Å². The molecule has 0 bridgehead atoms. The van der Waals surface area contributed by atoms with Crippen molar-refractivity contribution in [1.29, 1.82) is 0 Å². The molecule has 3 rings (SSSR count). The molecule has 1 aliphatic carbocycles. The van der Waals surface area contributed by atoms with E-state index in [1.165, 1.54) is 19.3 Å². The fourth-order valence-electron chi connectivity index (χ4n) is 3.75. The lowest BCUT2D eigenvalue weighted by Crippen LogP contribution is -2.41. The van der Waals surface area contributed by atoms with E-state index in [-0.39, 0.29) is 12.0 Å². The highest BCUT2D eigenvalue weighted by Gasteiger charge is 2.39. The summed E-state index contributed by atoms with van der Waals surface area (Å²) in [5.41, 5.74) is 6.17. The molecule has 0 aromatic carbocycles. The molecule has 21 heavy (non-hydrogen) atoms. The van der Waals surface area contributed by atoms with E-state index in [9.17, 15) is 0 Å². The molecule has 1 saturated carbocycles. The van der Waals surface area contributed by atoms with Gasteiger partial charge in [0.1, 0.15) is 0 Å². The predicted octanol–water partition coefficient (Wildman–Crippen LogP) is 3.11. The summed E-state index contributed by atoms with van der Waals surface area (Å²) in [7, 11) is 0. The largest absolute Gasteiger partial charge is 0.377 e. The van der Waals surface area contributed by atoms with E-state index in [1.807, 2.05) is 0 Å². The third-order valence-corrected chi connectivity index (χ3v) is 5.39. The van der Waals surface area contributed by atoms with Gasteiger partial charge in [-0.15, -0.1) is 0 Å².